The second kappa shape index (κ2) is 11.6. The van der Waals surface area contributed by atoms with Crippen LogP contribution in [0.15, 0.2) is 0 Å². The molecular formula is C7H13KO4. The molecule has 4 nitrogen and oxygen atoms in total. The molecule has 0 fully saturated rings. The third kappa shape index (κ3) is 46.3. The van der Waals surface area contributed by atoms with Gasteiger partial charge in [0.25, 0.3) is 0 Å². The molecule has 0 aliphatic rings. The maximum Gasteiger partial charge on any atom is 1.00 e. The van der Waals surface area contributed by atoms with Crippen LogP contribution in [0.4, 0.5) is 0 Å². The number of ether oxygens (including phenoxy) is 1. The number of esters is 1. The van der Waals surface area contributed by atoms with Crippen LogP contribution in [0, 0.1) is 0 Å². The molecule has 0 aliphatic heterocycles. The van der Waals surface area contributed by atoms with E-state index in [9.17, 15) is 4.79 Å². The molecule has 0 aromatic heterocycles. The topological polar surface area (TPSA) is 66.4 Å². The Labute approximate surface area is 115 Å². The largest absolute Gasteiger partial charge is 1.00 e. The van der Waals surface area contributed by atoms with Crippen molar-refractivity contribution in [3.05, 3.63) is 0 Å². The first-order valence-corrected chi connectivity index (χ1v) is 3.21. The Morgan fingerprint density at radius 2 is 1.50 bits per heavy atom. The summed E-state index contributed by atoms with van der Waals surface area (Å²) in [5.74, 6) is -1.30. The van der Waals surface area contributed by atoms with Crippen molar-refractivity contribution in [2.75, 3.05) is 0 Å². The fraction of sp³-hybridized carbons (Fsp3) is 0.714. The molecule has 0 rings (SSSR count). The summed E-state index contributed by atoms with van der Waals surface area (Å²) in [5, 5.41) is 8.89. The van der Waals surface area contributed by atoms with Crippen molar-refractivity contribution in [3.8, 4) is 0 Å². The number of rotatable bonds is 1. The molecular weight excluding hydrogens is 187 g/mol. The average Bonchev–Trinajstić information content (AvgIpc) is 1.56. The van der Waals surface area contributed by atoms with Gasteiger partial charge < -0.3 is 14.6 Å². The smallest absolute Gasteiger partial charge is 0.550 e. The molecule has 0 aliphatic carbocycles. The Morgan fingerprint density at radius 1 is 1.25 bits per heavy atom. The predicted octanol–water partition coefficient (Wildman–Crippen LogP) is -3.28. The zero-order valence-corrected chi connectivity index (χ0v) is 11.3. The van der Waals surface area contributed by atoms with E-state index in [2.05, 4.69) is 4.74 Å². The van der Waals surface area contributed by atoms with E-state index in [1.54, 1.807) is 0 Å². The predicted molar refractivity (Wildman–Crippen MR) is 37.6 cm³/mol. The van der Waals surface area contributed by atoms with E-state index in [1.165, 1.54) is 6.92 Å². The van der Waals surface area contributed by atoms with Crippen molar-refractivity contribution in [1.29, 1.82) is 0 Å². The Hall–Kier alpha value is 0.576. The van der Waals surface area contributed by atoms with Crippen molar-refractivity contribution in [1.82, 2.24) is 0 Å². The maximum absolute atomic E-state index is 10.0. The number of carbonyl (C=O) groups is 2. The van der Waals surface area contributed by atoms with Crippen LogP contribution in [0.1, 0.15) is 27.7 Å². The van der Waals surface area contributed by atoms with Crippen LogP contribution < -0.4 is 56.5 Å². The monoisotopic (exact) mass is 200 g/mol. The van der Waals surface area contributed by atoms with Gasteiger partial charge in [-0.25, -0.2) is 0 Å². The summed E-state index contributed by atoms with van der Waals surface area (Å²) in [6.07, 6.45) is 0.0255. The van der Waals surface area contributed by atoms with Gasteiger partial charge in [0.15, 0.2) is 0 Å². The van der Waals surface area contributed by atoms with Crippen LogP contribution in [-0.2, 0) is 14.3 Å². The summed E-state index contributed by atoms with van der Waals surface area (Å²) < 4.78 is 4.61. The van der Waals surface area contributed by atoms with E-state index < -0.39 is 5.97 Å². The SMILES string of the molecule is CC(=O)OC(C)C.CC(=O)[O-].[K+]. The molecule has 12 heavy (non-hydrogen) atoms. The molecule has 0 saturated heterocycles. The molecule has 0 aromatic carbocycles. The molecule has 0 atom stereocenters. The first kappa shape index (κ1) is 18.4. The molecule has 0 spiro atoms. The third-order valence-corrected chi connectivity index (χ3v) is 0.402. The van der Waals surface area contributed by atoms with Crippen LogP contribution in [0.5, 0.6) is 0 Å². The average molecular weight is 200 g/mol. The van der Waals surface area contributed by atoms with Gasteiger partial charge in [-0.15, -0.1) is 0 Å². The maximum atomic E-state index is 10.0. The molecule has 0 bridgehead atoms. The number of carboxylic acid groups (broad SMARTS) is 1. The summed E-state index contributed by atoms with van der Waals surface area (Å²) >= 11 is 0. The normalized spacial score (nSPS) is 7.42. The summed E-state index contributed by atoms with van der Waals surface area (Å²) in [7, 11) is 0. The van der Waals surface area contributed by atoms with E-state index in [4.69, 9.17) is 9.90 Å². The summed E-state index contributed by atoms with van der Waals surface area (Å²) in [5.41, 5.74) is 0. The van der Waals surface area contributed by atoms with E-state index in [1.807, 2.05) is 13.8 Å². The minimum absolute atomic E-state index is 0. The number of hydrogen-bond acceptors (Lipinski definition) is 4. The second-order valence-corrected chi connectivity index (χ2v) is 2.15. The van der Waals surface area contributed by atoms with Gasteiger partial charge in [0.2, 0.25) is 0 Å². The van der Waals surface area contributed by atoms with Crippen LogP contribution in [0.3, 0.4) is 0 Å². The van der Waals surface area contributed by atoms with Gasteiger partial charge in [-0.1, -0.05) is 0 Å². The first-order chi connectivity index (χ1) is 4.86. The Morgan fingerprint density at radius 3 is 1.50 bits per heavy atom. The van der Waals surface area contributed by atoms with E-state index >= 15 is 0 Å². The first-order valence-electron chi connectivity index (χ1n) is 3.21. The quantitative estimate of drug-likeness (QED) is 0.329. The molecule has 5 heteroatoms. The zero-order chi connectivity index (χ0) is 9.44. The molecule has 0 unspecified atom stereocenters. The number of carbonyl (C=O) groups excluding carboxylic acids is 2. The van der Waals surface area contributed by atoms with Crippen molar-refractivity contribution < 1.29 is 70.8 Å². The van der Waals surface area contributed by atoms with Gasteiger partial charge in [-0.05, 0) is 20.8 Å². The number of carboxylic acids is 1. The van der Waals surface area contributed by atoms with Gasteiger partial charge >= 0.3 is 57.4 Å². The van der Waals surface area contributed by atoms with Gasteiger partial charge in [0.05, 0.1) is 6.10 Å². The molecule has 0 amide bonds. The number of hydrogen-bond donors (Lipinski definition) is 0. The van der Waals surface area contributed by atoms with Crippen LogP contribution in [0.2, 0.25) is 0 Å². The van der Waals surface area contributed by atoms with E-state index in [0.717, 1.165) is 6.92 Å². The standard InChI is InChI=1S/C5H10O2.C2H4O2.K/c1-4(2)7-5(3)6;1-2(3)4;/h4H,1-3H3;1H3,(H,3,4);/q;;+1/p-1. The fourth-order valence-corrected chi connectivity index (χ4v) is 0.332. The van der Waals surface area contributed by atoms with Crippen molar-refractivity contribution >= 4 is 11.9 Å². The van der Waals surface area contributed by atoms with Crippen LogP contribution in [0.25, 0.3) is 0 Å². The third-order valence-electron chi connectivity index (χ3n) is 0.402. The number of aliphatic carboxylic acids is 1. The Balaban J connectivity index is -0.000000142. The van der Waals surface area contributed by atoms with Crippen LogP contribution >= 0.6 is 0 Å². The van der Waals surface area contributed by atoms with E-state index in [-0.39, 0.29) is 63.5 Å². The van der Waals surface area contributed by atoms with Gasteiger partial charge in [-0.3, -0.25) is 4.79 Å². The Kier molecular flexibility index (Phi) is 17.7. The van der Waals surface area contributed by atoms with Gasteiger partial charge in [-0.2, -0.15) is 0 Å². The van der Waals surface area contributed by atoms with Gasteiger partial charge in [0.1, 0.15) is 0 Å². The van der Waals surface area contributed by atoms with E-state index in [0.29, 0.717) is 0 Å². The summed E-state index contributed by atoms with van der Waals surface area (Å²) in [4.78, 5) is 18.9. The molecule has 0 saturated carbocycles. The minimum atomic E-state index is -1.08. The Bertz CT molecular complexity index is 129. The molecule has 66 valence electrons. The molecule has 0 heterocycles. The van der Waals surface area contributed by atoms with Crippen molar-refractivity contribution in [2.24, 2.45) is 0 Å². The molecule has 0 N–H and O–H groups in total. The summed E-state index contributed by atoms with van der Waals surface area (Å²) in [6, 6.07) is 0. The molecule has 0 radical (unpaired) electrons. The zero-order valence-electron chi connectivity index (χ0n) is 8.21. The molecule has 0 aromatic rings. The van der Waals surface area contributed by atoms with Crippen LogP contribution in [-0.4, -0.2) is 18.0 Å². The van der Waals surface area contributed by atoms with Crippen molar-refractivity contribution in [3.63, 3.8) is 0 Å². The minimum Gasteiger partial charge on any atom is -0.550 e. The van der Waals surface area contributed by atoms with Crippen molar-refractivity contribution in [2.45, 2.75) is 33.8 Å². The summed E-state index contributed by atoms with van der Waals surface area (Å²) in [6.45, 7) is 6.02. The second-order valence-electron chi connectivity index (χ2n) is 2.15. The van der Waals surface area contributed by atoms with Gasteiger partial charge in [0, 0.05) is 12.9 Å². The fourth-order valence-electron chi connectivity index (χ4n) is 0.332.